The van der Waals surface area contributed by atoms with Gasteiger partial charge in [0.05, 0.1) is 10.6 Å². The molecule has 0 aliphatic carbocycles. The molecule has 0 saturated carbocycles. The molecule has 0 bridgehead atoms. The van der Waals surface area contributed by atoms with Crippen molar-refractivity contribution in [2.45, 2.75) is 32.3 Å². The highest BCUT2D eigenvalue weighted by atomic mass is 35.5. The number of aromatic nitrogens is 4. The van der Waals surface area contributed by atoms with E-state index in [0.717, 1.165) is 0 Å². The number of carbonyl (C=O) groups excluding carboxylic acids is 1. The molecule has 12 heteroatoms. The Labute approximate surface area is 251 Å². The molecule has 3 N–H and O–H groups in total. The number of aryl methyl sites for hydroxylation is 1. The summed E-state index contributed by atoms with van der Waals surface area (Å²) in [5, 5.41) is 34.6. The van der Waals surface area contributed by atoms with Gasteiger partial charge in [0.1, 0.15) is 22.7 Å². The highest BCUT2D eigenvalue weighted by molar-refractivity contribution is 6.32. The fraction of sp³-hybridized carbons (Fsp3) is 0.226. The van der Waals surface area contributed by atoms with Crippen molar-refractivity contribution < 1.29 is 23.8 Å². The Balaban J connectivity index is 1.22. The SMILES string of the molecule is Cc1ccc(C(=O)Nc2ccc(Oc3ccnc4[nH]nc(N5CCC(C)(O)CC5)c34)c(Cl)c2)[n+]([O-])c1-c1ccc(F)cc1. The molecule has 0 unspecified atom stereocenters. The molecule has 1 amide bonds. The molecule has 1 saturated heterocycles. The molecule has 0 spiro atoms. The average molecular weight is 603 g/mol. The zero-order valence-corrected chi connectivity index (χ0v) is 24.2. The lowest BCUT2D eigenvalue weighted by Crippen LogP contribution is -2.42. The minimum atomic E-state index is -0.705. The number of aromatic amines is 1. The third kappa shape index (κ3) is 5.69. The fourth-order valence-corrected chi connectivity index (χ4v) is 5.37. The van der Waals surface area contributed by atoms with Gasteiger partial charge in [-0.2, -0.15) is 9.83 Å². The molecule has 6 rings (SSSR count). The second kappa shape index (κ2) is 11.2. The summed E-state index contributed by atoms with van der Waals surface area (Å²) < 4.78 is 20.2. The van der Waals surface area contributed by atoms with Gasteiger partial charge in [-0.15, -0.1) is 0 Å². The van der Waals surface area contributed by atoms with E-state index in [-0.39, 0.29) is 16.4 Å². The smallest absolute Gasteiger partial charge is 0.321 e. The van der Waals surface area contributed by atoms with Gasteiger partial charge in [0, 0.05) is 48.2 Å². The monoisotopic (exact) mass is 602 g/mol. The summed E-state index contributed by atoms with van der Waals surface area (Å²) in [7, 11) is 0. The maximum atomic E-state index is 13.4. The lowest BCUT2D eigenvalue weighted by molar-refractivity contribution is -0.596. The lowest BCUT2D eigenvalue weighted by atomic mass is 9.94. The van der Waals surface area contributed by atoms with Crippen LogP contribution in [-0.2, 0) is 0 Å². The van der Waals surface area contributed by atoms with E-state index in [4.69, 9.17) is 16.3 Å². The Morgan fingerprint density at radius 3 is 2.60 bits per heavy atom. The van der Waals surface area contributed by atoms with Crippen molar-refractivity contribution in [2.75, 3.05) is 23.3 Å². The highest BCUT2D eigenvalue weighted by Gasteiger charge is 2.30. The molecule has 0 atom stereocenters. The van der Waals surface area contributed by atoms with Crippen molar-refractivity contribution in [1.82, 2.24) is 15.2 Å². The molecule has 0 radical (unpaired) electrons. The van der Waals surface area contributed by atoms with Crippen molar-refractivity contribution >= 4 is 40.0 Å². The van der Waals surface area contributed by atoms with Gasteiger partial charge < -0.3 is 25.3 Å². The Kier molecular flexibility index (Phi) is 7.37. The second-order valence-corrected chi connectivity index (χ2v) is 11.2. The van der Waals surface area contributed by atoms with E-state index in [1.54, 1.807) is 37.4 Å². The Hall–Kier alpha value is -4.74. The normalized spacial score (nSPS) is 14.6. The van der Waals surface area contributed by atoms with E-state index in [1.807, 2.05) is 6.92 Å². The highest BCUT2D eigenvalue weighted by Crippen LogP contribution is 2.39. The number of nitrogens with zero attached hydrogens (tertiary/aromatic N) is 4. The molecule has 5 aromatic rings. The molecule has 43 heavy (non-hydrogen) atoms. The average Bonchev–Trinajstić information content (AvgIpc) is 3.41. The van der Waals surface area contributed by atoms with Gasteiger partial charge in [-0.3, -0.25) is 9.89 Å². The number of pyridine rings is 2. The Morgan fingerprint density at radius 2 is 1.88 bits per heavy atom. The minimum absolute atomic E-state index is 0.132. The molecule has 220 valence electrons. The molecule has 10 nitrogen and oxygen atoms in total. The number of H-pyrrole nitrogens is 1. The first-order valence-corrected chi connectivity index (χ1v) is 14.1. The van der Waals surface area contributed by atoms with Crippen LogP contribution in [0.2, 0.25) is 5.02 Å². The van der Waals surface area contributed by atoms with Crippen LogP contribution < -0.4 is 19.7 Å². The fourth-order valence-electron chi connectivity index (χ4n) is 5.15. The van der Waals surface area contributed by atoms with Crippen molar-refractivity contribution in [1.29, 1.82) is 0 Å². The van der Waals surface area contributed by atoms with Crippen LogP contribution in [0.4, 0.5) is 15.9 Å². The van der Waals surface area contributed by atoms with Gasteiger partial charge in [0.15, 0.2) is 11.5 Å². The van der Waals surface area contributed by atoms with Gasteiger partial charge in [0.2, 0.25) is 5.69 Å². The van der Waals surface area contributed by atoms with Gasteiger partial charge >= 0.3 is 5.91 Å². The van der Waals surface area contributed by atoms with Crippen LogP contribution in [0.5, 0.6) is 11.5 Å². The second-order valence-electron chi connectivity index (χ2n) is 10.8. The van der Waals surface area contributed by atoms with Gasteiger partial charge in [0.25, 0.3) is 5.69 Å². The third-order valence-electron chi connectivity index (χ3n) is 7.59. The standard InChI is InChI=1S/C31H28ClFN6O4/c1-18-3-9-23(39(42)27(18)19-4-6-20(33)7-5-19)30(40)35-21-8-10-24(22(32)17-21)43-25-11-14-34-28-26(25)29(37-36-28)38-15-12-31(2,41)13-16-38/h3-11,14,17,41H,12-13,15-16H2,1-2H3,(H,35,40)(H,34,36,37). The summed E-state index contributed by atoms with van der Waals surface area (Å²) in [5.74, 6) is 0.451. The Morgan fingerprint density at radius 1 is 1.14 bits per heavy atom. The number of aliphatic hydroxyl groups is 1. The van der Waals surface area contributed by atoms with Crippen LogP contribution in [0, 0.1) is 17.9 Å². The number of fused-ring (bicyclic) bond motifs is 1. The van der Waals surface area contributed by atoms with E-state index in [9.17, 15) is 19.5 Å². The van der Waals surface area contributed by atoms with Crippen LogP contribution in [0.1, 0.15) is 35.8 Å². The number of carbonyl (C=O) groups is 1. The number of amides is 1. The molecular weight excluding hydrogens is 575 g/mol. The number of anilines is 2. The number of piperidine rings is 1. The molecular formula is C31H28ClFN6O4. The largest absolute Gasteiger partial charge is 0.618 e. The van der Waals surface area contributed by atoms with Crippen molar-refractivity contribution in [3.63, 3.8) is 0 Å². The first-order chi connectivity index (χ1) is 20.6. The van der Waals surface area contributed by atoms with E-state index in [2.05, 4.69) is 25.4 Å². The van der Waals surface area contributed by atoms with Gasteiger partial charge in [-0.05, 0) is 75.2 Å². The zero-order chi connectivity index (χ0) is 30.3. The molecule has 1 aliphatic heterocycles. The minimum Gasteiger partial charge on any atom is -0.618 e. The number of nitrogens with one attached hydrogen (secondary N) is 2. The van der Waals surface area contributed by atoms with E-state index < -0.39 is 17.3 Å². The van der Waals surface area contributed by atoms with Crippen molar-refractivity contribution in [3.05, 3.63) is 94.2 Å². The predicted octanol–water partition coefficient (Wildman–Crippen LogP) is 5.76. The van der Waals surface area contributed by atoms with E-state index in [0.29, 0.717) is 75.8 Å². The van der Waals surface area contributed by atoms with Crippen molar-refractivity contribution in [3.8, 4) is 22.8 Å². The molecule has 1 fully saturated rings. The van der Waals surface area contributed by atoms with Crippen LogP contribution in [0.15, 0.2) is 66.9 Å². The molecule has 3 aromatic heterocycles. The summed E-state index contributed by atoms with van der Waals surface area (Å²) in [5.41, 5.74) is 1.46. The van der Waals surface area contributed by atoms with Crippen LogP contribution >= 0.6 is 11.6 Å². The predicted molar refractivity (Wildman–Crippen MR) is 161 cm³/mol. The van der Waals surface area contributed by atoms with E-state index >= 15 is 0 Å². The zero-order valence-electron chi connectivity index (χ0n) is 23.4. The molecule has 1 aliphatic rings. The third-order valence-corrected chi connectivity index (χ3v) is 7.89. The van der Waals surface area contributed by atoms with Crippen LogP contribution in [0.25, 0.3) is 22.3 Å². The summed E-state index contributed by atoms with van der Waals surface area (Å²) in [6, 6.07) is 15.1. The van der Waals surface area contributed by atoms with Crippen LogP contribution in [-0.4, -0.2) is 44.9 Å². The maximum Gasteiger partial charge on any atom is 0.321 e. The van der Waals surface area contributed by atoms with Crippen LogP contribution in [0.3, 0.4) is 0 Å². The maximum absolute atomic E-state index is 13.4. The number of hydrogen-bond donors (Lipinski definition) is 3. The topological polar surface area (TPSA) is 130 Å². The summed E-state index contributed by atoms with van der Waals surface area (Å²) in [6.07, 6.45) is 2.82. The first kappa shape index (κ1) is 28.4. The van der Waals surface area contributed by atoms with Gasteiger partial charge in [-0.25, -0.2) is 9.37 Å². The lowest BCUT2D eigenvalue weighted by Gasteiger charge is -2.36. The summed E-state index contributed by atoms with van der Waals surface area (Å²) >= 11 is 6.57. The quantitative estimate of drug-likeness (QED) is 0.166. The first-order valence-electron chi connectivity index (χ1n) is 13.7. The number of rotatable bonds is 6. The number of halogens is 2. The van der Waals surface area contributed by atoms with E-state index in [1.165, 1.54) is 36.4 Å². The molecule has 4 heterocycles. The number of hydrogen-bond acceptors (Lipinski definition) is 7. The van der Waals surface area contributed by atoms with Gasteiger partial charge in [-0.1, -0.05) is 11.6 Å². The summed E-state index contributed by atoms with van der Waals surface area (Å²) in [6.45, 7) is 4.84. The van der Waals surface area contributed by atoms with Crippen molar-refractivity contribution in [2.24, 2.45) is 0 Å². The summed E-state index contributed by atoms with van der Waals surface area (Å²) in [4.78, 5) is 19.6. The Bertz CT molecular complexity index is 1830. The number of ether oxygens (including phenoxy) is 1. The number of benzene rings is 2. The molecule has 2 aromatic carbocycles.